The molecule has 0 saturated heterocycles. The minimum Gasteiger partial charge on any atom is -0.481 e. The third kappa shape index (κ3) is 2.05. The first-order valence-electron chi connectivity index (χ1n) is 4.79. The number of hydrogen-bond donors (Lipinski definition) is 2. The first-order valence-corrected chi connectivity index (χ1v) is 4.79. The van der Waals surface area contributed by atoms with E-state index >= 15 is 0 Å². The van der Waals surface area contributed by atoms with Crippen LogP contribution in [-0.2, 0) is 4.79 Å². The van der Waals surface area contributed by atoms with Gasteiger partial charge in [0, 0.05) is 12.2 Å². The molecule has 0 radical (unpaired) electrons. The van der Waals surface area contributed by atoms with Gasteiger partial charge in [-0.05, 0) is 24.5 Å². The van der Waals surface area contributed by atoms with Crippen molar-refractivity contribution in [2.45, 2.75) is 6.42 Å². The highest BCUT2D eigenvalue weighted by Crippen LogP contribution is 2.38. The van der Waals surface area contributed by atoms with E-state index in [0.717, 1.165) is 18.7 Å². The number of para-hydroxylation sites is 1. The average molecular weight is 191 g/mol. The van der Waals surface area contributed by atoms with Crippen LogP contribution in [0.1, 0.15) is 6.42 Å². The molecule has 0 aromatic heterocycles. The molecule has 0 heterocycles. The van der Waals surface area contributed by atoms with Crippen LogP contribution < -0.4 is 5.32 Å². The summed E-state index contributed by atoms with van der Waals surface area (Å²) in [5.74, 6) is -0.469. The van der Waals surface area contributed by atoms with Gasteiger partial charge in [-0.2, -0.15) is 0 Å². The molecule has 1 aromatic carbocycles. The van der Waals surface area contributed by atoms with Gasteiger partial charge in [-0.25, -0.2) is 0 Å². The molecule has 0 spiro atoms. The number of anilines is 1. The predicted molar refractivity (Wildman–Crippen MR) is 54.2 cm³/mol. The fourth-order valence-corrected chi connectivity index (χ4v) is 1.58. The molecule has 2 N–H and O–H groups in total. The fourth-order valence-electron chi connectivity index (χ4n) is 1.58. The molecule has 1 saturated carbocycles. The van der Waals surface area contributed by atoms with Crippen molar-refractivity contribution in [2.24, 2.45) is 11.8 Å². The van der Waals surface area contributed by atoms with Crippen LogP contribution in [-0.4, -0.2) is 17.6 Å². The molecule has 2 atom stereocenters. The largest absolute Gasteiger partial charge is 0.481 e. The number of carbonyl (C=O) groups is 1. The van der Waals surface area contributed by atoms with Crippen LogP contribution in [0, 0.1) is 11.8 Å². The van der Waals surface area contributed by atoms with Gasteiger partial charge in [0.25, 0.3) is 0 Å². The van der Waals surface area contributed by atoms with Crippen molar-refractivity contribution >= 4 is 11.7 Å². The molecule has 3 heteroatoms. The predicted octanol–water partition coefficient (Wildman–Crippen LogP) is 1.82. The van der Waals surface area contributed by atoms with Gasteiger partial charge in [0.05, 0.1) is 5.92 Å². The quantitative estimate of drug-likeness (QED) is 0.763. The Morgan fingerprint density at radius 1 is 1.43 bits per heavy atom. The summed E-state index contributed by atoms with van der Waals surface area (Å²) >= 11 is 0. The number of carboxylic acids is 1. The zero-order valence-corrected chi connectivity index (χ0v) is 7.81. The summed E-state index contributed by atoms with van der Waals surface area (Å²) in [6, 6.07) is 9.85. The van der Waals surface area contributed by atoms with Crippen LogP contribution in [0.4, 0.5) is 5.69 Å². The second-order valence-electron chi connectivity index (χ2n) is 3.69. The number of hydrogen-bond acceptors (Lipinski definition) is 2. The molecule has 0 aliphatic heterocycles. The van der Waals surface area contributed by atoms with Crippen LogP contribution in [0.5, 0.6) is 0 Å². The number of rotatable bonds is 4. The van der Waals surface area contributed by atoms with E-state index in [1.54, 1.807) is 0 Å². The van der Waals surface area contributed by atoms with Gasteiger partial charge in [0.2, 0.25) is 0 Å². The maximum Gasteiger partial charge on any atom is 0.306 e. The molecule has 0 amide bonds. The lowest BCUT2D eigenvalue weighted by molar-refractivity contribution is -0.138. The molecule has 74 valence electrons. The van der Waals surface area contributed by atoms with E-state index in [4.69, 9.17) is 5.11 Å². The molecule has 0 bridgehead atoms. The summed E-state index contributed by atoms with van der Waals surface area (Å²) in [7, 11) is 0. The van der Waals surface area contributed by atoms with Crippen molar-refractivity contribution < 1.29 is 9.90 Å². The number of carboxylic acid groups (broad SMARTS) is 1. The van der Waals surface area contributed by atoms with E-state index < -0.39 is 5.97 Å². The van der Waals surface area contributed by atoms with E-state index in [1.165, 1.54) is 0 Å². The van der Waals surface area contributed by atoms with Gasteiger partial charge in [-0.15, -0.1) is 0 Å². The van der Waals surface area contributed by atoms with Crippen molar-refractivity contribution in [1.29, 1.82) is 0 Å². The highest BCUT2D eigenvalue weighted by molar-refractivity contribution is 5.73. The Labute approximate surface area is 82.8 Å². The van der Waals surface area contributed by atoms with Crippen LogP contribution >= 0.6 is 0 Å². The summed E-state index contributed by atoms with van der Waals surface area (Å²) < 4.78 is 0. The zero-order chi connectivity index (χ0) is 9.97. The molecule has 2 rings (SSSR count). The third-order valence-corrected chi connectivity index (χ3v) is 2.58. The lowest BCUT2D eigenvalue weighted by atomic mass is 10.3. The Morgan fingerprint density at radius 3 is 2.71 bits per heavy atom. The van der Waals surface area contributed by atoms with Crippen LogP contribution in [0.25, 0.3) is 0 Å². The molecule has 1 aliphatic rings. The topological polar surface area (TPSA) is 49.3 Å². The highest BCUT2D eigenvalue weighted by Gasteiger charge is 2.42. The summed E-state index contributed by atoms with van der Waals surface area (Å²) in [5.41, 5.74) is 1.06. The average Bonchev–Trinajstić information content (AvgIpc) is 2.96. The van der Waals surface area contributed by atoms with Crippen molar-refractivity contribution in [2.75, 3.05) is 11.9 Å². The van der Waals surface area contributed by atoms with Crippen molar-refractivity contribution in [1.82, 2.24) is 0 Å². The minimum atomic E-state index is -0.662. The van der Waals surface area contributed by atoms with Crippen LogP contribution in [0.15, 0.2) is 30.3 Å². The molecular weight excluding hydrogens is 178 g/mol. The maximum atomic E-state index is 10.6. The van der Waals surface area contributed by atoms with Crippen molar-refractivity contribution in [3.05, 3.63) is 30.3 Å². The minimum absolute atomic E-state index is 0.119. The lowest BCUT2D eigenvalue weighted by Gasteiger charge is -2.04. The van der Waals surface area contributed by atoms with Gasteiger partial charge >= 0.3 is 5.97 Å². The van der Waals surface area contributed by atoms with Crippen molar-refractivity contribution in [3.63, 3.8) is 0 Å². The van der Waals surface area contributed by atoms with Gasteiger partial charge in [0.15, 0.2) is 0 Å². The standard InChI is InChI=1S/C11H13NO2/c13-11(14)10-6-8(10)7-12-9-4-2-1-3-5-9/h1-5,8,10,12H,6-7H2,(H,13,14). The Hall–Kier alpha value is -1.51. The zero-order valence-electron chi connectivity index (χ0n) is 7.81. The van der Waals surface area contributed by atoms with E-state index in [9.17, 15) is 4.79 Å². The molecule has 1 aromatic rings. The molecule has 1 fully saturated rings. The smallest absolute Gasteiger partial charge is 0.306 e. The molecule has 2 unspecified atom stereocenters. The van der Waals surface area contributed by atoms with Crippen LogP contribution in [0.2, 0.25) is 0 Å². The van der Waals surface area contributed by atoms with Gasteiger partial charge in [-0.3, -0.25) is 4.79 Å². The number of benzene rings is 1. The Balaban J connectivity index is 1.77. The fraction of sp³-hybridized carbons (Fsp3) is 0.364. The van der Waals surface area contributed by atoms with Crippen molar-refractivity contribution in [3.8, 4) is 0 Å². The molecule has 14 heavy (non-hydrogen) atoms. The Bertz CT molecular complexity index is 323. The first kappa shape index (κ1) is 9.06. The van der Waals surface area contributed by atoms with E-state index in [1.807, 2.05) is 30.3 Å². The maximum absolute atomic E-state index is 10.6. The monoisotopic (exact) mass is 191 g/mol. The number of aliphatic carboxylic acids is 1. The summed E-state index contributed by atoms with van der Waals surface area (Å²) in [4.78, 5) is 10.6. The summed E-state index contributed by atoms with van der Waals surface area (Å²) in [6.45, 7) is 0.765. The SMILES string of the molecule is O=C(O)C1CC1CNc1ccccc1. The summed E-state index contributed by atoms with van der Waals surface area (Å²) in [5, 5.41) is 11.9. The molecular formula is C11H13NO2. The van der Waals surface area contributed by atoms with E-state index in [0.29, 0.717) is 5.92 Å². The lowest BCUT2D eigenvalue weighted by Crippen LogP contribution is -2.08. The Kier molecular flexibility index (Phi) is 2.39. The second-order valence-corrected chi connectivity index (χ2v) is 3.69. The van der Waals surface area contributed by atoms with Crippen LogP contribution in [0.3, 0.4) is 0 Å². The first-order chi connectivity index (χ1) is 6.77. The van der Waals surface area contributed by atoms with E-state index in [2.05, 4.69) is 5.32 Å². The number of nitrogens with one attached hydrogen (secondary N) is 1. The van der Waals surface area contributed by atoms with E-state index in [-0.39, 0.29) is 5.92 Å². The summed E-state index contributed by atoms with van der Waals surface area (Å²) in [6.07, 6.45) is 0.815. The Morgan fingerprint density at radius 2 is 2.14 bits per heavy atom. The van der Waals surface area contributed by atoms with Gasteiger partial charge in [0.1, 0.15) is 0 Å². The van der Waals surface area contributed by atoms with Gasteiger partial charge < -0.3 is 10.4 Å². The highest BCUT2D eigenvalue weighted by atomic mass is 16.4. The van der Waals surface area contributed by atoms with Gasteiger partial charge in [-0.1, -0.05) is 18.2 Å². The normalized spacial score (nSPS) is 24.3. The molecule has 3 nitrogen and oxygen atoms in total. The molecule has 1 aliphatic carbocycles. The second kappa shape index (κ2) is 3.70. The third-order valence-electron chi connectivity index (χ3n) is 2.58.